The van der Waals surface area contributed by atoms with E-state index in [1.807, 2.05) is 18.2 Å². The van der Waals surface area contributed by atoms with Crippen molar-refractivity contribution in [2.75, 3.05) is 19.6 Å². The van der Waals surface area contributed by atoms with Crippen LogP contribution in [0.5, 0.6) is 0 Å². The van der Waals surface area contributed by atoms with Gasteiger partial charge in [-0.15, -0.1) is 0 Å². The highest BCUT2D eigenvalue weighted by atomic mass is 16.3. The fourth-order valence-electron chi connectivity index (χ4n) is 3.51. The summed E-state index contributed by atoms with van der Waals surface area (Å²) in [6.45, 7) is 5.10. The van der Waals surface area contributed by atoms with Gasteiger partial charge in [-0.25, -0.2) is 0 Å². The second-order valence-electron chi connectivity index (χ2n) is 6.82. The zero-order chi connectivity index (χ0) is 16.8. The van der Waals surface area contributed by atoms with Gasteiger partial charge < -0.3 is 10.4 Å². The quantitative estimate of drug-likeness (QED) is 0.822. The first-order valence-corrected chi connectivity index (χ1v) is 8.97. The first kappa shape index (κ1) is 17.2. The number of aliphatic hydroxyl groups excluding tert-OH is 1. The molecule has 3 unspecified atom stereocenters. The van der Waals surface area contributed by atoms with Crippen molar-refractivity contribution < 1.29 is 5.11 Å². The first-order chi connectivity index (χ1) is 11.7. The van der Waals surface area contributed by atoms with E-state index in [0.717, 1.165) is 19.5 Å². The Morgan fingerprint density at radius 3 is 2.46 bits per heavy atom. The van der Waals surface area contributed by atoms with Gasteiger partial charge in [0.15, 0.2) is 0 Å². The van der Waals surface area contributed by atoms with Crippen LogP contribution in [0.25, 0.3) is 0 Å². The molecule has 3 atom stereocenters. The summed E-state index contributed by atoms with van der Waals surface area (Å²) in [4.78, 5) is 2.52. The van der Waals surface area contributed by atoms with Crippen LogP contribution in [0.2, 0.25) is 0 Å². The van der Waals surface area contributed by atoms with Crippen molar-refractivity contribution in [3.05, 3.63) is 71.8 Å². The van der Waals surface area contributed by atoms with E-state index in [-0.39, 0.29) is 6.10 Å². The molecular formula is C21H28N2O. The van der Waals surface area contributed by atoms with Crippen molar-refractivity contribution >= 4 is 0 Å². The summed E-state index contributed by atoms with van der Waals surface area (Å²) in [5.74, 6) is 0. The van der Waals surface area contributed by atoms with Gasteiger partial charge in [-0.05, 0) is 30.9 Å². The summed E-state index contributed by atoms with van der Waals surface area (Å²) in [5.41, 5.74) is 2.57. The third kappa shape index (κ3) is 4.67. The number of benzene rings is 2. The normalized spacial score (nSPS) is 20.8. The Morgan fingerprint density at radius 2 is 1.75 bits per heavy atom. The number of nitrogens with zero attached hydrogens (tertiary/aromatic N) is 1. The predicted octanol–water partition coefficient (Wildman–Crippen LogP) is 3.02. The Balaban J connectivity index is 1.43. The summed E-state index contributed by atoms with van der Waals surface area (Å²) >= 11 is 0. The lowest BCUT2D eigenvalue weighted by molar-refractivity contribution is 0.166. The van der Waals surface area contributed by atoms with Crippen molar-refractivity contribution in [2.24, 2.45) is 0 Å². The maximum Gasteiger partial charge on any atom is 0.0704 e. The van der Waals surface area contributed by atoms with Crippen molar-refractivity contribution in [3.63, 3.8) is 0 Å². The minimum Gasteiger partial charge on any atom is -0.391 e. The molecule has 1 saturated heterocycles. The largest absolute Gasteiger partial charge is 0.391 e. The van der Waals surface area contributed by atoms with Gasteiger partial charge in [-0.3, -0.25) is 4.90 Å². The van der Waals surface area contributed by atoms with Gasteiger partial charge in [0.1, 0.15) is 0 Å². The molecule has 3 heteroatoms. The zero-order valence-electron chi connectivity index (χ0n) is 14.4. The van der Waals surface area contributed by atoms with E-state index in [9.17, 15) is 5.11 Å². The highest BCUT2D eigenvalue weighted by Gasteiger charge is 2.26. The predicted molar refractivity (Wildman–Crippen MR) is 99.0 cm³/mol. The Hall–Kier alpha value is -1.68. The van der Waals surface area contributed by atoms with Crippen LogP contribution in [0.4, 0.5) is 0 Å². The summed E-state index contributed by atoms with van der Waals surface area (Å²) in [5, 5.41) is 13.8. The summed E-state index contributed by atoms with van der Waals surface area (Å²) in [7, 11) is 0. The van der Waals surface area contributed by atoms with E-state index in [1.165, 1.54) is 11.1 Å². The first-order valence-electron chi connectivity index (χ1n) is 8.97. The number of hydrogen-bond donors (Lipinski definition) is 2. The van der Waals surface area contributed by atoms with Gasteiger partial charge in [0.25, 0.3) is 0 Å². The maximum atomic E-state index is 10.2. The van der Waals surface area contributed by atoms with Gasteiger partial charge in [-0.1, -0.05) is 60.7 Å². The van der Waals surface area contributed by atoms with Gasteiger partial charge in [-0.2, -0.15) is 0 Å². The minimum atomic E-state index is -0.326. The second-order valence-corrected chi connectivity index (χ2v) is 6.82. The van der Waals surface area contributed by atoms with Crippen LogP contribution >= 0.6 is 0 Å². The van der Waals surface area contributed by atoms with Crippen LogP contribution in [0.15, 0.2) is 60.7 Å². The van der Waals surface area contributed by atoms with Crippen molar-refractivity contribution in [2.45, 2.75) is 38.0 Å². The third-order valence-corrected chi connectivity index (χ3v) is 5.01. The number of nitrogens with one attached hydrogen (secondary N) is 1. The van der Waals surface area contributed by atoms with Gasteiger partial charge in [0, 0.05) is 31.7 Å². The molecule has 0 spiro atoms. The summed E-state index contributed by atoms with van der Waals surface area (Å²) in [6.07, 6.45) is 1.54. The van der Waals surface area contributed by atoms with Gasteiger partial charge in [0.2, 0.25) is 0 Å². The van der Waals surface area contributed by atoms with Gasteiger partial charge >= 0.3 is 0 Å². The molecule has 1 aliphatic rings. The molecular weight excluding hydrogens is 296 g/mol. The Kier molecular flexibility index (Phi) is 6.02. The molecule has 1 fully saturated rings. The molecule has 1 heterocycles. The fourth-order valence-corrected chi connectivity index (χ4v) is 3.51. The zero-order valence-corrected chi connectivity index (χ0v) is 14.4. The average molecular weight is 324 g/mol. The maximum absolute atomic E-state index is 10.2. The summed E-state index contributed by atoms with van der Waals surface area (Å²) in [6, 6.07) is 21.8. The molecule has 0 aromatic heterocycles. The van der Waals surface area contributed by atoms with Crippen LogP contribution in [0, 0.1) is 0 Å². The molecule has 2 N–H and O–H groups in total. The lowest BCUT2D eigenvalue weighted by atomic mass is 10.1. The van der Waals surface area contributed by atoms with E-state index >= 15 is 0 Å². The number of likely N-dealkylation sites (tertiary alicyclic amines) is 1. The topological polar surface area (TPSA) is 35.5 Å². The number of rotatable bonds is 7. The Bertz CT molecular complexity index is 602. The Morgan fingerprint density at radius 1 is 1.08 bits per heavy atom. The van der Waals surface area contributed by atoms with Crippen LogP contribution in [-0.2, 0) is 6.42 Å². The molecule has 3 nitrogen and oxygen atoms in total. The van der Waals surface area contributed by atoms with Crippen molar-refractivity contribution in [1.82, 2.24) is 10.2 Å². The minimum absolute atomic E-state index is 0.326. The van der Waals surface area contributed by atoms with Crippen LogP contribution < -0.4 is 5.32 Å². The lowest BCUT2D eigenvalue weighted by Gasteiger charge is -2.25. The molecule has 0 saturated carbocycles. The SMILES string of the molecule is CC(c1ccccc1)N1CCC(NCC(O)Cc2ccccc2)C1. The average Bonchev–Trinajstić information content (AvgIpc) is 3.10. The van der Waals surface area contributed by atoms with E-state index < -0.39 is 0 Å². The molecule has 2 aromatic rings. The van der Waals surface area contributed by atoms with E-state index in [1.54, 1.807) is 0 Å². The van der Waals surface area contributed by atoms with Crippen molar-refractivity contribution in [1.29, 1.82) is 0 Å². The molecule has 1 aliphatic heterocycles. The highest BCUT2D eigenvalue weighted by Crippen LogP contribution is 2.24. The molecule has 2 aromatic carbocycles. The van der Waals surface area contributed by atoms with Crippen molar-refractivity contribution in [3.8, 4) is 0 Å². The third-order valence-electron chi connectivity index (χ3n) is 5.01. The monoisotopic (exact) mass is 324 g/mol. The Labute approximate surface area is 145 Å². The molecule has 3 rings (SSSR count). The number of hydrogen-bond acceptors (Lipinski definition) is 3. The fraction of sp³-hybridized carbons (Fsp3) is 0.429. The molecule has 0 radical (unpaired) electrons. The second kappa shape index (κ2) is 8.43. The van der Waals surface area contributed by atoms with Gasteiger partial charge in [0.05, 0.1) is 6.10 Å². The van der Waals surface area contributed by atoms with E-state index in [2.05, 4.69) is 59.6 Å². The van der Waals surface area contributed by atoms with E-state index in [0.29, 0.717) is 25.0 Å². The molecule has 0 bridgehead atoms. The standard InChI is InChI=1S/C21H28N2O/c1-17(19-10-6-3-7-11-19)23-13-12-20(16-23)22-15-21(24)14-18-8-4-2-5-9-18/h2-11,17,20-22,24H,12-16H2,1H3. The highest BCUT2D eigenvalue weighted by molar-refractivity contribution is 5.19. The van der Waals surface area contributed by atoms with E-state index in [4.69, 9.17) is 0 Å². The number of aliphatic hydroxyl groups is 1. The summed E-state index contributed by atoms with van der Waals surface area (Å²) < 4.78 is 0. The molecule has 0 aliphatic carbocycles. The molecule has 128 valence electrons. The van der Waals surface area contributed by atoms with Crippen LogP contribution in [0.1, 0.15) is 30.5 Å². The van der Waals surface area contributed by atoms with Crippen LogP contribution in [0.3, 0.4) is 0 Å². The smallest absolute Gasteiger partial charge is 0.0704 e. The molecule has 24 heavy (non-hydrogen) atoms. The van der Waals surface area contributed by atoms with Crippen LogP contribution in [-0.4, -0.2) is 41.8 Å². The lowest BCUT2D eigenvalue weighted by Crippen LogP contribution is -2.38. The molecule has 0 amide bonds.